The van der Waals surface area contributed by atoms with E-state index >= 15 is 0 Å². The first-order chi connectivity index (χ1) is 7.60. The van der Waals surface area contributed by atoms with Crippen LogP contribution in [0.4, 0.5) is 0 Å². The molecule has 1 aromatic carbocycles. The molecule has 16 heavy (non-hydrogen) atoms. The van der Waals surface area contributed by atoms with Crippen molar-refractivity contribution < 1.29 is 4.74 Å². The summed E-state index contributed by atoms with van der Waals surface area (Å²) in [6.07, 6.45) is 1.18. The van der Waals surface area contributed by atoms with E-state index in [1.165, 1.54) is 23.1 Å². The largest absolute Gasteiger partial charge is 0.494 e. The summed E-state index contributed by atoms with van der Waals surface area (Å²) < 4.78 is 5.55. The van der Waals surface area contributed by atoms with Gasteiger partial charge in [-0.1, -0.05) is 22.9 Å². The van der Waals surface area contributed by atoms with Gasteiger partial charge in [-0.2, -0.15) is 0 Å². The molecule has 0 aromatic heterocycles. The minimum Gasteiger partial charge on any atom is -0.494 e. The van der Waals surface area contributed by atoms with Gasteiger partial charge in [0.15, 0.2) is 0 Å². The number of halogens is 1. The SMILES string of the molecule is CCOc1cc(C)c(C(C)CCBr)c(C)c1. The highest BCUT2D eigenvalue weighted by Gasteiger charge is 2.12. The molecule has 0 saturated carbocycles. The molecule has 0 spiro atoms. The third-order valence-corrected chi connectivity index (χ3v) is 3.37. The first-order valence-corrected chi connectivity index (χ1v) is 7.02. The standard InChI is InChI=1S/C14H21BrO/c1-5-16-13-8-11(3)14(12(4)9-13)10(2)6-7-15/h8-10H,5-7H2,1-4H3. The van der Waals surface area contributed by atoms with Crippen LogP contribution in [0.3, 0.4) is 0 Å². The van der Waals surface area contributed by atoms with Crippen molar-refractivity contribution in [1.82, 2.24) is 0 Å². The lowest BCUT2D eigenvalue weighted by Crippen LogP contribution is -2.02. The highest BCUT2D eigenvalue weighted by Crippen LogP contribution is 2.30. The van der Waals surface area contributed by atoms with E-state index in [0.29, 0.717) is 5.92 Å². The third kappa shape index (κ3) is 3.24. The summed E-state index contributed by atoms with van der Waals surface area (Å²) >= 11 is 3.51. The van der Waals surface area contributed by atoms with Gasteiger partial charge in [0.25, 0.3) is 0 Å². The second-order valence-corrected chi connectivity index (χ2v) is 5.08. The number of alkyl halides is 1. The van der Waals surface area contributed by atoms with Gasteiger partial charge in [-0.3, -0.25) is 0 Å². The summed E-state index contributed by atoms with van der Waals surface area (Å²) in [7, 11) is 0. The zero-order chi connectivity index (χ0) is 12.1. The average Bonchev–Trinajstić information content (AvgIpc) is 2.17. The Bertz CT molecular complexity index is 324. The topological polar surface area (TPSA) is 9.23 Å². The maximum absolute atomic E-state index is 5.55. The summed E-state index contributed by atoms with van der Waals surface area (Å²) in [6, 6.07) is 4.30. The Morgan fingerprint density at radius 1 is 1.25 bits per heavy atom. The predicted octanol–water partition coefficient (Wildman–Crippen LogP) is 4.59. The molecule has 0 fully saturated rings. The van der Waals surface area contributed by atoms with Crippen LogP contribution in [-0.2, 0) is 0 Å². The molecule has 1 atom stereocenters. The summed E-state index contributed by atoms with van der Waals surface area (Å²) in [5.74, 6) is 1.60. The molecule has 90 valence electrons. The van der Waals surface area contributed by atoms with Crippen molar-refractivity contribution >= 4 is 15.9 Å². The zero-order valence-corrected chi connectivity index (χ0v) is 12.2. The van der Waals surface area contributed by atoms with Gasteiger partial charge in [-0.05, 0) is 61.9 Å². The molecule has 0 bridgehead atoms. The number of benzene rings is 1. The normalized spacial score (nSPS) is 12.6. The minimum absolute atomic E-state index is 0.607. The highest BCUT2D eigenvalue weighted by molar-refractivity contribution is 9.09. The average molecular weight is 285 g/mol. The first-order valence-electron chi connectivity index (χ1n) is 5.90. The van der Waals surface area contributed by atoms with Crippen molar-refractivity contribution in [3.05, 3.63) is 28.8 Å². The van der Waals surface area contributed by atoms with Crippen LogP contribution in [0, 0.1) is 13.8 Å². The summed E-state index contributed by atoms with van der Waals surface area (Å²) in [4.78, 5) is 0. The fourth-order valence-corrected chi connectivity index (χ4v) is 2.96. The quantitative estimate of drug-likeness (QED) is 0.719. The minimum atomic E-state index is 0.607. The Hall–Kier alpha value is -0.500. The van der Waals surface area contributed by atoms with Gasteiger partial charge in [0, 0.05) is 5.33 Å². The van der Waals surface area contributed by atoms with Crippen LogP contribution >= 0.6 is 15.9 Å². The fraction of sp³-hybridized carbons (Fsp3) is 0.571. The Kier molecular flexibility index (Phi) is 5.33. The Morgan fingerprint density at radius 2 is 1.81 bits per heavy atom. The van der Waals surface area contributed by atoms with Gasteiger partial charge >= 0.3 is 0 Å². The number of aryl methyl sites for hydroxylation is 2. The lowest BCUT2D eigenvalue weighted by Gasteiger charge is -2.18. The maximum Gasteiger partial charge on any atom is 0.119 e. The second-order valence-electron chi connectivity index (χ2n) is 4.28. The van der Waals surface area contributed by atoms with E-state index in [-0.39, 0.29) is 0 Å². The highest BCUT2D eigenvalue weighted by atomic mass is 79.9. The second kappa shape index (κ2) is 6.29. The third-order valence-electron chi connectivity index (χ3n) is 2.91. The van der Waals surface area contributed by atoms with Gasteiger partial charge in [0.2, 0.25) is 0 Å². The molecule has 0 heterocycles. The van der Waals surface area contributed by atoms with Crippen LogP contribution in [-0.4, -0.2) is 11.9 Å². The zero-order valence-electron chi connectivity index (χ0n) is 10.6. The van der Waals surface area contributed by atoms with Crippen molar-refractivity contribution in [1.29, 1.82) is 0 Å². The van der Waals surface area contributed by atoms with Gasteiger partial charge < -0.3 is 4.74 Å². The van der Waals surface area contributed by atoms with Crippen molar-refractivity contribution in [3.63, 3.8) is 0 Å². The molecule has 1 nitrogen and oxygen atoms in total. The Labute approximate surface area is 107 Å². The number of hydrogen-bond donors (Lipinski definition) is 0. The van der Waals surface area contributed by atoms with E-state index in [1.807, 2.05) is 6.92 Å². The molecular formula is C14H21BrO. The van der Waals surface area contributed by atoms with Crippen LogP contribution in [0.25, 0.3) is 0 Å². The molecule has 0 N–H and O–H groups in total. The van der Waals surface area contributed by atoms with Crippen LogP contribution in [0.1, 0.15) is 42.9 Å². The van der Waals surface area contributed by atoms with Gasteiger partial charge in [0.1, 0.15) is 5.75 Å². The number of rotatable bonds is 5. The van der Waals surface area contributed by atoms with Gasteiger partial charge in [0.05, 0.1) is 6.61 Å². The van der Waals surface area contributed by atoms with Crippen LogP contribution in [0.15, 0.2) is 12.1 Å². The molecule has 0 aliphatic carbocycles. The molecule has 1 unspecified atom stereocenters. The van der Waals surface area contributed by atoms with Crippen LogP contribution in [0.5, 0.6) is 5.75 Å². The maximum atomic E-state index is 5.55. The van der Waals surface area contributed by atoms with Crippen molar-refractivity contribution in [2.75, 3.05) is 11.9 Å². The molecule has 0 amide bonds. The Balaban J connectivity index is 3.02. The molecule has 0 saturated heterocycles. The van der Waals surface area contributed by atoms with E-state index < -0.39 is 0 Å². The molecule has 0 radical (unpaired) electrons. The monoisotopic (exact) mass is 284 g/mol. The van der Waals surface area contributed by atoms with E-state index in [1.54, 1.807) is 0 Å². The van der Waals surface area contributed by atoms with Crippen LogP contribution < -0.4 is 4.74 Å². The number of hydrogen-bond acceptors (Lipinski definition) is 1. The van der Waals surface area contributed by atoms with E-state index in [2.05, 4.69) is 48.8 Å². The fourth-order valence-electron chi connectivity index (χ4n) is 2.27. The van der Waals surface area contributed by atoms with Gasteiger partial charge in [-0.15, -0.1) is 0 Å². The molecular weight excluding hydrogens is 264 g/mol. The van der Waals surface area contributed by atoms with Crippen molar-refractivity contribution in [3.8, 4) is 5.75 Å². The predicted molar refractivity (Wildman–Crippen MR) is 73.9 cm³/mol. The van der Waals surface area contributed by atoms with Crippen LogP contribution in [0.2, 0.25) is 0 Å². The molecule has 0 aliphatic rings. The van der Waals surface area contributed by atoms with E-state index in [9.17, 15) is 0 Å². The first kappa shape index (κ1) is 13.6. The van der Waals surface area contributed by atoms with E-state index in [4.69, 9.17) is 4.74 Å². The van der Waals surface area contributed by atoms with Crippen molar-refractivity contribution in [2.45, 2.75) is 40.0 Å². The smallest absolute Gasteiger partial charge is 0.119 e. The summed E-state index contributed by atoms with van der Waals surface area (Å²) in [6.45, 7) is 9.39. The van der Waals surface area contributed by atoms with Gasteiger partial charge in [-0.25, -0.2) is 0 Å². The summed E-state index contributed by atoms with van der Waals surface area (Å²) in [5.41, 5.74) is 4.16. The van der Waals surface area contributed by atoms with E-state index in [0.717, 1.165) is 17.7 Å². The molecule has 2 heteroatoms. The number of ether oxygens (including phenoxy) is 1. The lowest BCUT2D eigenvalue weighted by atomic mass is 9.90. The Morgan fingerprint density at radius 3 is 2.25 bits per heavy atom. The molecule has 0 aliphatic heterocycles. The van der Waals surface area contributed by atoms with Crippen molar-refractivity contribution in [2.24, 2.45) is 0 Å². The molecule has 1 aromatic rings. The lowest BCUT2D eigenvalue weighted by molar-refractivity contribution is 0.339. The summed E-state index contributed by atoms with van der Waals surface area (Å²) in [5, 5.41) is 1.06. The molecule has 1 rings (SSSR count).